The van der Waals surface area contributed by atoms with E-state index in [1.54, 1.807) is 24.3 Å². The van der Waals surface area contributed by atoms with Gasteiger partial charge in [0.05, 0.1) is 22.4 Å². The average Bonchev–Trinajstić information content (AvgIpc) is 3.26. The Bertz CT molecular complexity index is 1350. The molecule has 2 N–H and O–H groups in total. The Morgan fingerprint density at radius 3 is 2.52 bits per heavy atom. The number of aromatic nitrogens is 2. The number of H-pyrrole nitrogens is 1. The SMILES string of the molecule is Cc1ccc(-c2cc(C(=O)Nc3cc(Oc4ccc(Cl)cc4C)cc([N+](=O)[O-])c3)[nH]n2)cc1. The van der Waals surface area contributed by atoms with Crippen LogP contribution in [0.25, 0.3) is 11.3 Å². The number of aryl methyl sites for hydroxylation is 2. The Kier molecular flexibility index (Phi) is 6.10. The molecule has 0 fully saturated rings. The fourth-order valence-corrected chi connectivity index (χ4v) is 3.41. The summed E-state index contributed by atoms with van der Waals surface area (Å²) < 4.78 is 5.82. The van der Waals surface area contributed by atoms with Gasteiger partial charge in [0.15, 0.2) is 0 Å². The van der Waals surface area contributed by atoms with E-state index in [4.69, 9.17) is 16.3 Å². The van der Waals surface area contributed by atoms with Crippen molar-refractivity contribution in [2.75, 3.05) is 5.32 Å². The summed E-state index contributed by atoms with van der Waals surface area (Å²) in [4.78, 5) is 23.6. The van der Waals surface area contributed by atoms with Gasteiger partial charge in [-0.05, 0) is 43.7 Å². The Balaban J connectivity index is 1.57. The van der Waals surface area contributed by atoms with Gasteiger partial charge < -0.3 is 10.1 Å². The number of rotatable bonds is 6. The van der Waals surface area contributed by atoms with E-state index in [2.05, 4.69) is 15.5 Å². The van der Waals surface area contributed by atoms with Gasteiger partial charge in [0.1, 0.15) is 17.2 Å². The van der Waals surface area contributed by atoms with Gasteiger partial charge in [-0.3, -0.25) is 20.0 Å². The predicted molar refractivity (Wildman–Crippen MR) is 126 cm³/mol. The highest BCUT2D eigenvalue weighted by atomic mass is 35.5. The van der Waals surface area contributed by atoms with Crippen LogP contribution in [0.5, 0.6) is 11.5 Å². The largest absolute Gasteiger partial charge is 0.457 e. The number of carbonyl (C=O) groups is 1. The highest BCUT2D eigenvalue weighted by molar-refractivity contribution is 6.30. The number of nitro groups is 1. The maximum Gasteiger partial charge on any atom is 0.275 e. The maximum atomic E-state index is 12.7. The van der Waals surface area contributed by atoms with Crippen molar-refractivity contribution in [2.24, 2.45) is 0 Å². The second-order valence-corrected chi connectivity index (χ2v) is 7.91. The summed E-state index contributed by atoms with van der Waals surface area (Å²) >= 11 is 5.97. The van der Waals surface area contributed by atoms with E-state index in [0.29, 0.717) is 16.5 Å². The zero-order chi connectivity index (χ0) is 23.5. The number of halogens is 1. The first-order valence-corrected chi connectivity index (χ1v) is 10.3. The van der Waals surface area contributed by atoms with Crippen molar-refractivity contribution in [3.8, 4) is 22.8 Å². The van der Waals surface area contributed by atoms with Crippen LogP contribution in [0.4, 0.5) is 11.4 Å². The lowest BCUT2D eigenvalue weighted by Crippen LogP contribution is -2.12. The van der Waals surface area contributed by atoms with E-state index in [9.17, 15) is 14.9 Å². The number of ether oxygens (including phenoxy) is 1. The molecule has 1 heterocycles. The number of carbonyl (C=O) groups excluding carboxylic acids is 1. The summed E-state index contributed by atoms with van der Waals surface area (Å²) in [6.45, 7) is 3.80. The summed E-state index contributed by atoms with van der Waals surface area (Å²) in [5.74, 6) is 0.207. The molecule has 0 saturated heterocycles. The number of benzene rings is 3. The van der Waals surface area contributed by atoms with E-state index in [1.807, 2.05) is 38.1 Å². The predicted octanol–water partition coefficient (Wildman–Crippen LogP) is 6.30. The molecular formula is C24H19ClN4O4. The monoisotopic (exact) mass is 462 g/mol. The van der Waals surface area contributed by atoms with E-state index >= 15 is 0 Å². The molecule has 0 unspecified atom stereocenters. The molecule has 0 radical (unpaired) electrons. The molecule has 0 aliphatic heterocycles. The molecule has 0 bridgehead atoms. The van der Waals surface area contributed by atoms with Crippen LogP contribution in [0.2, 0.25) is 5.02 Å². The van der Waals surface area contributed by atoms with Crippen molar-refractivity contribution >= 4 is 28.9 Å². The summed E-state index contributed by atoms with van der Waals surface area (Å²) in [5.41, 5.74) is 3.56. The van der Waals surface area contributed by atoms with Gasteiger partial charge in [-0.2, -0.15) is 5.10 Å². The van der Waals surface area contributed by atoms with Gasteiger partial charge in [-0.1, -0.05) is 41.4 Å². The molecule has 8 nitrogen and oxygen atoms in total. The van der Waals surface area contributed by atoms with Gasteiger partial charge in [0, 0.05) is 22.7 Å². The second kappa shape index (κ2) is 9.13. The second-order valence-electron chi connectivity index (χ2n) is 7.47. The average molecular weight is 463 g/mol. The van der Waals surface area contributed by atoms with Crippen LogP contribution in [0, 0.1) is 24.0 Å². The highest BCUT2D eigenvalue weighted by Gasteiger charge is 2.16. The first-order valence-electron chi connectivity index (χ1n) is 9.96. The molecule has 0 aliphatic rings. The number of hydrogen-bond acceptors (Lipinski definition) is 5. The highest BCUT2D eigenvalue weighted by Crippen LogP contribution is 2.32. The molecule has 166 valence electrons. The molecule has 0 atom stereocenters. The van der Waals surface area contributed by atoms with Crippen molar-refractivity contribution in [3.05, 3.63) is 98.7 Å². The molecule has 1 aromatic heterocycles. The van der Waals surface area contributed by atoms with Gasteiger partial charge >= 0.3 is 0 Å². The molecule has 0 spiro atoms. The minimum Gasteiger partial charge on any atom is -0.457 e. The van der Waals surface area contributed by atoms with Gasteiger partial charge in [-0.25, -0.2) is 0 Å². The number of nitrogens with one attached hydrogen (secondary N) is 2. The molecule has 4 aromatic rings. The van der Waals surface area contributed by atoms with Crippen LogP contribution < -0.4 is 10.1 Å². The van der Waals surface area contributed by atoms with Crippen LogP contribution in [0.1, 0.15) is 21.6 Å². The number of anilines is 1. The normalized spacial score (nSPS) is 10.6. The number of amides is 1. The minimum atomic E-state index is -0.553. The summed E-state index contributed by atoms with van der Waals surface area (Å²) in [7, 11) is 0. The molecule has 1 amide bonds. The molecule has 3 aromatic carbocycles. The Morgan fingerprint density at radius 2 is 1.82 bits per heavy atom. The standard InChI is InChI=1S/C24H19ClN4O4/c1-14-3-5-16(6-4-14)21-13-22(28-27-21)24(30)26-18-10-19(29(31)32)12-20(11-18)33-23-8-7-17(25)9-15(23)2/h3-13H,1-2H3,(H,26,30)(H,27,28). The number of non-ortho nitro benzene ring substituents is 1. The van der Waals surface area contributed by atoms with Crippen molar-refractivity contribution < 1.29 is 14.5 Å². The zero-order valence-corrected chi connectivity index (χ0v) is 18.5. The third kappa shape index (κ3) is 5.19. The quantitative estimate of drug-likeness (QED) is 0.258. The lowest BCUT2D eigenvalue weighted by Gasteiger charge is -2.11. The van der Waals surface area contributed by atoms with Crippen LogP contribution in [-0.2, 0) is 0 Å². The molecular weight excluding hydrogens is 444 g/mol. The van der Waals surface area contributed by atoms with E-state index in [1.165, 1.54) is 18.2 Å². The van der Waals surface area contributed by atoms with Crippen molar-refractivity contribution in [2.45, 2.75) is 13.8 Å². The summed E-state index contributed by atoms with van der Waals surface area (Å²) in [6, 6.07) is 18.5. The topological polar surface area (TPSA) is 110 Å². The van der Waals surface area contributed by atoms with Gasteiger partial charge in [-0.15, -0.1) is 0 Å². The summed E-state index contributed by atoms with van der Waals surface area (Å²) in [5, 5.41) is 21.5. The smallest absolute Gasteiger partial charge is 0.275 e. The Hall–Kier alpha value is -4.17. The lowest BCUT2D eigenvalue weighted by molar-refractivity contribution is -0.384. The molecule has 0 aliphatic carbocycles. The van der Waals surface area contributed by atoms with Crippen LogP contribution in [0.3, 0.4) is 0 Å². The van der Waals surface area contributed by atoms with Crippen LogP contribution >= 0.6 is 11.6 Å². The lowest BCUT2D eigenvalue weighted by atomic mass is 10.1. The fourth-order valence-electron chi connectivity index (χ4n) is 3.18. The maximum absolute atomic E-state index is 12.7. The molecule has 4 rings (SSSR count). The fraction of sp³-hybridized carbons (Fsp3) is 0.0833. The van der Waals surface area contributed by atoms with E-state index in [-0.39, 0.29) is 22.8 Å². The number of hydrogen-bond donors (Lipinski definition) is 2. The number of nitrogens with zero attached hydrogens (tertiary/aromatic N) is 2. The third-order valence-electron chi connectivity index (χ3n) is 4.89. The molecule has 0 saturated carbocycles. The van der Waals surface area contributed by atoms with Crippen LogP contribution in [-0.4, -0.2) is 21.0 Å². The molecule has 33 heavy (non-hydrogen) atoms. The van der Waals surface area contributed by atoms with Crippen molar-refractivity contribution in [1.82, 2.24) is 10.2 Å². The van der Waals surface area contributed by atoms with Crippen LogP contribution in [0.15, 0.2) is 66.7 Å². The van der Waals surface area contributed by atoms with E-state index < -0.39 is 10.8 Å². The zero-order valence-electron chi connectivity index (χ0n) is 17.8. The van der Waals surface area contributed by atoms with Crippen molar-refractivity contribution in [1.29, 1.82) is 0 Å². The first-order chi connectivity index (χ1) is 15.8. The Morgan fingerprint density at radius 1 is 1.06 bits per heavy atom. The minimum absolute atomic E-state index is 0.204. The number of nitro benzene ring substituents is 1. The first kappa shape index (κ1) is 22.0. The van der Waals surface area contributed by atoms with E-state index in [0.717, 1.165) is 16.7 Å². The number of aromatic amines is 1. The summed E-state index contributed by atoms with van der Waals surface area (Å²) in [6.07, 6.45) is 0. The van der Waals surface area contributed by atoms with Gasteiger partial charge in [0.25, 0.3) is 11.6 Å². The van der Waals surface area contributed by atoms with Gasteiger partial charge in [0.2, 0.25) is 0 Å². The van der Waals surface area contributed by atoms with Crippen molar-refractivity contribution in [3.63, 3.8) is 0 Å². The molecule has 9 heteroatoms. The Labute approximate surface area is 194 Å². The third-order valence-corrected chi connectivity index (χ3v) is 5.13.